The number of amides is 1. The third-order valence-corrected chi connectivity index (χ3v) is 7.34. The number of benzene rings is 1. The van der Waals surface area contributed by atoms with Gasteiger partial charge in [0, 0.05) is 44.9 Å². The van der Waals surface area contributed by atoms with Gasteiger partial charge in [0.2, 0.25) is 0 Å². The number of methoxy groups -OCH3 is 2. The minimum absolute atomic E-state index is 0.169. The zero-order chi connectivity index (χ0) is 26.9. The maximum absolute atomic E-state index is 13.9. The number of fused-ring (bicyclic) bond motifs is 1. The number of anilines is 1. The smallest absolute Gasteiger partial charge is 0.271 e. The van der Waals surface area contributed by atoms with Crippen LogP contribution in [0.4, 0.5) is 5.88 Å². The van der Waals surface area contributed by atoms with Gasteiger partial charge in [-0.25, -0.2) is 4.99 Å². The zero-order valence-corrected chi connectivity index (χ0v) is 23.0. The Bertz CT molecular complexity index is 1520. The number of carbonyl (C=O) groups is 1. The van der Waals surface area contributed by atoms with E-state index in [0.717, 1.165) is 0 Å². The Labute approximate surface area is 219 Å². The summed E-state index contributed by atoms with van der Waals surface area (Å²) in [6.07, 6.45) is 1.71. The molecule has 3 aromatic rings. The second kappa shape index (κ2) is 10.7. The van der Waals surface area contributed by atoms with Crippen molar-refractivity contribution in [3.05, 3.63) is 72.6 Å². The molecule has 9 nitrogen and oxygen atoms in total. The van der Waals surface area contributed by atoms with E-state index in [2.05, 4.69) is 0 Å². The highest BCUT2D eigenvalue weighted by Crippen LogP contribution is 2.38. The number of hydrogen-bond donors (Lipinski definition) is 0. The lowest BCUT2D eigenvalue weighted by molar-refractivity contribution is -0.127. The normalized spacial score (nSPS) is 15.3. The molecule has 0 radical (unpaired) electrons. The van der Waals surface area contributed by atoms with Gasteiger partial charge < -0.3 is 23.7 Å². The van der Waals surface area contributed by atoms with Gasteiger partial charge in [0.25, 0.3) is 11.5 Å². The highest BCUT2D eigenvalue weighted by atomic mass is 32.1. The molecule has 0 unspecified atom stereocenters. The van der Waals surface area contributed by atoms with Gasteiger partial charge in [-0.2, -0.15) is 0 Å². The van der Waals surface area contributed by atoms with Gasteiger partial charge in [0.15, 0.2) is 10.7 Å². The minimum Gasteiger partial charge on any atom is -0.497 e. The van der Waals surface area contributed by atoms with Crippen LogP contribution in [0, 0.1) is 0 Å². The fourth-order valence-electron chi connectivity index (χ4n) is 4.41. The number of thiazole rings is 1. The number of carbonyl (C=O) groups excluding carboxylic acids is 1. The number of likely N-dealkylation sites (N-methyl/N-ethyl adjacent to an activating group) is 1. The second-order valence-corrected chi connectivity index (χ2v) is 9.75. The first-order valence-corrected chi connectivity index (χ1v) is 12.9. The first-order chi connectivity index (χ1) is 17.7. The van der Waals surface area contributed by atoms with Gasteiger partial charge in [-0.05, 0) is 45.0 Å². The van der Waals surface area contributed by atoms with Crippen LogP contribution >= 0.6 is 11.3 Å². The molecule has 0 N–H and O–H groups in total. The molecule has 1 atom stereocenters. The van der Waals surface area contributed by atoms with Crippen molar-refractivity contribution in [3.8, 4) is 11.5 Å². The highest BCUT2D eigenvalue weighted by Gasteiger charge is 2.36. The van der Waals surface area contributed by atoms with Crippen LogP contribution in [-0.2, 0) is 4.79 Å². The number of rotatable bonds is 8. The molecule has 37 heavy (non-hydrogen) atoms. The average molecular weight is 525 g/mol. The van der Waals surface area contributed by atoms with Crippen LogP contribution in [0.15, 0.2) is 55.8 Å². The standard InChI is InChI=1S/C27H32N4O5S/c1-8-30(9-2)26(33)23-16(3)28-27-31(24(23)19-14-17(34-6)10-12-20(19)35-7)25(32)21(37-27)15-18-11-13-22(36-18)29(4)5/h10-15,24H,8-9H2,1-7H3/b21-15+/t24-/m0/s1. The molecule has 0 saturated heterocycles. The summed E-state index contributed by atoms with van der Waals surface area (Å²) in [4.78, 5) is 36.5. The largest absolute Gasteiger partial charge is 0.497 e. The van der Waals surface area contributed by atoms with E-state index in [1.165, 1.54) is 11.3 Å². The first kappa shape index (κ1) is 26.3. The summed E-state index contributed by atoms with van der Waals surface area (Å²) < 4.78 is 19.0. The molecular weight excluding hydrogens is 492 g/mol. The Morgan fingerprint density at radius 3 is 2.49 bits per heavy atom. The van der Waals surface area contributed by atoms with Crippen LogP contribution in [0.2, 0.25) is 0 Å². The topological polar surface area (TPSA) is 89.5 Å². The van der Waals surface area contributed by atoms with Crippen molar-refractivity contribution in [1.29, 1.82) is 0 Å². The Kier molecular flexibility index (Phi) is 7.58. The quantitative estimate of drug-likeness (QED) is 0.450. The lowest BCUT2D eigenvalue weighted by atomic mass is 9.93. The number of allylic oxidation sites excluding steroid dienone is 1. The van der Waals surface area contributed by atoms with Crippen LogP contribution in [-0.4, -0.2) is 56.8 Å². The predicted octanol–water partition coefficient (Wildman–Crippen LogP) is 2.78. The summed E-state index contributed by atoms with van der Waals surface area (Å²) in [6.45, 7) is 6.73. The van der Waals surface area contributed by atoms with E-state index in [1.807, 2.05) is 58.0 Å². The summed E-state index contributed by atoms with van der Waals surface area (Å²) >= 11 is 1.26. The summed E-state index contributed by atoms with van der Waals surface area (Å²) in [5.74, 6) is 2.20. The molecule has 196 valence electrons. The van der Waals surface area contributed by atoms with Gasteiger partial charge in [-0.3, -0.25) is 14.2 Å². The van der Waals surface area contributed by atoms with Crippen LogP contribution in [0.3, 0.4) is 0 Å². The third-order valence-electron chi connectivity index (χ3n) is 6.36. The number of furan rings is 1. The maximum atomic E-state index is 13.9. The van der Waals surface area contributed by atoms with Gasteiger partial charge in [0.05, 0.1) is 30.0 Å². The van der Waals surface area contributed by atoms with Crippen molar-refractivity contribution in [3.63, 3.8) is 0 Å². The fourth-order valence-corrected chi connectivity index (χ4v) is 5.44. The van der Waals surface area contributed by atoms with E-state index >= 15 is 0 Å². The van der Waals surface area contributed by atoms with E-state index in [0.29, 0.717) is 62.4 Å². The molecule has 4 rings (SSSR count). The minimum atomic E-state index is -0.745. The van der Waals surface area contributed by atoms with Crippen molar-refractivity contribution in [1.82, 2.24) is 9.47 Å². The number of aromatic nitrogens is 1. The average Bonchev–Trinajstić information content (AvgIpc) is 3.48. The molecule has 0 aliphatic carbocycles. The lowest BCUT2D eigenvalue weighted by Crippen LogP contribution is -2.43. The fraction of sp³-hybridized carbons (Fsp3) is 0.370. The molecule has 3 heterocycles. The molecule has 10 heteroatoms. The van der Waals surface area contributed by atoms with Gasteiger partial charge in [0.1, 0.15) is 23.3 Å². The van der Waals surface area contributed by atoms with Crippen LogP contribution < -0.4 is 29.3 Å². The highest BCUT2D eigenvalue weighted by molar-refractivity contribution is 7.07. The van der Waals surface area contributed by atoms with Crippen molar-refractivity contribution < 1.29 is 18.7 Å². The monoisotopic (exact) mass is 524 g/mol. The molecule has 0 fully saturated rings. The molecule has 1 aliphatic heterocycles. The SMILES string of the molecule is CCN(CC)C(=O)C1=C(C)N=c2s/c(=C/c3ccc(N(C)C)o3)c(=O)n2[C@H]1c1cc(OC)ccc1OC. The summed E-state index contributed by atoms with van der Waals surface area (Å²) in [5, 5.41) is 0. The first-order valence-electron chi connectivity index (χ1n) is 12.0. The van der Waals surface area contributed by atoms with Gasteiger partial charge in [-0.15, -0.1) is 0 Å². The van der Waals surface area contributed by atoms with E-state index in [1.54, 1.807) is 41.9 Å². The van der Waals surface area contributed by atoms with Crippen LogP contribution in [0.5, 0.6) is 11.5 Å². The number of nitrogens with zero attached hydrogens (tertiary/aromatic N) is 4. The Balaban J connectivity index is 2.00. The molecule has 1 amide bonds. The van der Waals surface area contributed by atoms with Crippen molar-refractivity contribution in [2.75, 3.05) is 46.3 Å². The summed E-state index contributed by atoms with van der Waals surface area (Å²) in [7, 11) is 6.91. The van der Waals surface area contributed by atoms with Gasteiger partial charge >= 0.3 is 0 Å². The molecule has 2 aromatic heterocycles. The summed E-state index contributed by atoms with van der Waals surface area (Å²) in [5.41, 5.74) is 1.38. The Morgan fingerprint density at radius 1 is 1.16 bits per heavy atom. The van der Waals surface area contributed by atoms with Crippen LogP contribution in [0.25, 0.3) is 6.08 Å². The molecule has 0 spiro atoms. The lowest BCUT2D eigenvalue weighted by Gasteiger charge is -2.30. The summed E-state index contributed by atoms with van der Waals surface area (Å²) in [6, 6.07) is 8.29. The van der Waals surface area contributed by atoms with E-state index in [9.17, 15) is 9.59 Å². The second-order valence-electron chi connectivity index (χ2n) is 8.74. The molecule has 0 saturated carbocycles. The maximum Gasteiger partial charge on any atom is 0.271 e. The number of ether oxygens (including phenoxy) is 2. The van der Waals surface area contributed by atoms with Crippen LogP contribution in [0.1, 0.15) is 38.1 Å². The van der Waals surface area contributed by atoms with Crippen molar-refractivity contribution in [2.45, 2.75) is 26.8 Å². The van der Waals surface area contributed by atoms with E-state index in [-0.39, 0.29) is 11.5 Å². The molecule has 0 bridgehead atoms. The Hall–Kier alpha value is -3.79. The predicted molar refractivity (Wildman–Crippen MR) is 144 cm³/mol. The van der Waals surface area contributed by atoms with Crippen molar-refractivity contribution in [2.24, 2.45) is 4.99 Å². The van der Waals surface area contributed by atoms with Gasteiger partial charge in [-0.1, -0.05) is 11.3 Å². The molecular formula is C27H32N4O5S. The third kappa shape index (κ3) is 4.81. The molecule has 1 aromatic carbocycles. The van der Waals surface area contributed by atoms with E-state index < -0.39 is 6.04 Å². The zero-order valence-electron chi connectivity index (χ0n) is 22.2. The van der Waals surface area contributed by atoms with Crippen molar-refractivity contribution >= 4 is 29.2 Å². The Morgan fingerprint density at radius 2 is 1.89 bits per heavy atom. The van der Waals surface area contributed by atoms with E-state index in [4.69, 9.17) is 18.9 Å². The molecule has 1 aliphatic rings. The number of hydrogen-bond acceptors (Lipinski definition) is 8.